The molecule has 72 valence electrons. The number of aliphatic hydroxyl groups is 1. The first-order valence-corrected chi connectivity index (χ1v) is 5.55. The molecule has 0 atom stereocenters. The van der Waals surface area contributed by atoms with Gasteiger partial charge in [0.25, 0.3) is 0 Å². The number of fused-ring (bicyclic) bond motifs is 1. The Labute approximate surface area is 82.6 Å². The van der Waals surface area contributed by atoms with Crippen molar-refractivity contribution in [1.29, 1.82) is 0 Å². The average molecular weight is 197 g/mol. The van der Waals surface area contributed by atoms with E-state index in [1.807, 2.05) is 0 Å². The van der Waals surface area contributed by atoms with Gasteiger partial charge in [0.2, 0.25) is 0 Å². The molecule has 0 aromatic carbocycles. The van der Waals surface area contributed by atoms with Crippen molar-refractivity contribution in [3.8, 4) is 0 Å². The lowest BCUT2D eigenvalue weighted by molar-refractivity contribution is 0.281. The van der Waals surface area contributed by atoms with Gasteiger partial charge in [-0.05, 0) is 19.3 Å². The van der Waals surface area contributed by atoms with E-state index in [0.29, 0.717) is 0 Å². The highest BCUT2D eigenvalue weighted by Gasteiger charge is 2.30. The van der Waals surface area contributed by atoms with Crippen LogP contribution in [-0.4, -0.2) is 10.1 Å². The smallest absolute Gasteiger partial charge is 0.119 e. The molecule has 0 spiro atoms. The summed E-state index contributed by atoms with van der Waals surface area (Å²) in [4.78, 5) is 5.82. The van der Waals surface area contributed by atoms with Crippen molar-refractivity contribution in [1.82, 2.24) is 4.98 Å². The summed E-state index contributed by atoms with van der Waals surface area (Å²) in [7, 11) is 0. The molecule has 3 heteroatoms. The molecular formula is C10H15NOS. The number of aryl methyl sites for hydroxylation is 1. The predicted molar refractivity (Wildman–Crippen MR) is 54.0 cm³/mol. The normalized spacial score (nSPS) is 19.9. The fourth-order valence-electron chi connectivity index (χ4n) is 1.98. The van der Waals surface area contributed by atoms with Gasteiger partial charge in [-0.15, -0.1) is 11.3 Å². The number of aromatic nitrogens is 1. The van der Waals surface area contributed by atoms with Crippen LogP contribution in [0.1, 0.15) is 42.3 Å². The van der Waals surface area contributed by atoms with Crippen LogP contribution in [0, 0.1) is 0 Å². The summed E-state index contributed by atoms with van der Waals surface area (Å²) in [6, 6.07) is 0. The molecule has 1 N–H and O–H groups in total. The van der Waals surface area contributed by atoms with Crippen molar-refractivity contribution >= 4 is 11.3 Å². The zero-order valence-corrected chi connectivity index (χ0v) is 8.95. The van der Waals surface area contributed by atoms with Gasteiger partial charge in [-0.2, -0.15) is 0 Å². The third kappa shape index (κ3) is 1.51. The van der Waals surface area contributed by atoms with Gasteiger partial charge in [-0.1, -0.05) is 13.8 Å². The highest BCUT2D eigenvalue weighted by Crippen LogP contribution is 2.40. The third-order valence-electron chi connectivity index (χ3n) is 2.71. The molecular weight excluding hydrogens is 182 g/mol. The van der Waals surface area contributed by atoms with Crippen molar-refractivity contribution in [3.05, 3.63) is 15.6 Å². The summed E-state index contributed by atoms with van der Waals surface area (Å²) < 4.78 is 0. The first-order valence-electron chi connectivity index (χ1n) is 4.73. The Kier molecular flexibility index (Phi) is 2.16. The van der Waals surface area contributed by atoms with Crippen LogP contribution < -0.4 is 0 Å². The fourth-order valence-corrected chi connectivity index (χ4v) is 3.08. The molecule has 1 aliphatic carbocycles. The van der Waals surface area contributed by atoms with Gasteiger partial charge in [0, 0.05) is 10.3 Å². The molecule has 0 unspecified atom stereocenters. The van der Waals surface area contributed by atoms with Crippen molar-refractivity contribution in [3.63, 3.8) is 0 Å². The first-order chi connectivity index (χ1) is 6.13. The monoisotopic (exact) mass is 197 g/mol. The zero-order valence-electron chi connectivity index (χ0n) is 8.13. The van der Waals surface area contributed by atoms with Gasteiger partial charge in [0.15, 0.2) is 0 Å². The van der Waals surface area contributed by atoms with Crippen molar-refractivity contribution in [2.75, 3.05) is 0 Å². The summed E-state index contributed by atoms with van der Waals surface area (Å²) in [5, 5.41) is 9.88. The Morgan fingerprint density at radius 2 is 2.31 bits per heavy atom. The van der Waals surface area contributed by atoms with E-state index in [9.17, 15) is 0 Å². The van der Waals surface area contributed by atoms with Crippen LogP contribution in [0.5, 0.6) is 0 Å². The van der Waals surface area contributed by atoms with Crippen LogP contribution in [0.3, 0.4) is 0 Å². The van der Waals surface area contributed by atoms with Crippen LogP contribution in [-0.2, 0) is 18.4 Å². The minimum Gasteiger partial charge on any atom is -0.389 e. The molecule has 2 nitrogen and oxygen atoms in total. The molecule has 1 heterocycles. The van der Waals surface area contributed by atoms with Crippen LogP contribution in [0.4, 0.5) is 0 Å². The van der Waals surface area contributed by atoms with Crippen molar-refractivity contribution in [2.45, 2.75) is 45.1 Å². The standard InChI is InChI=1S/C10H15NOS/c1-10(2)5-3-4-7-9(10)13-8(6-12)11-7/h12H,3-6H2,1-2H3. The Morgan fingerprint density at radius 3 is 2.92 bits per heavy atom. The Morgan fingerprint density at radius 1 is 1.54 bits per heavy atom. The summed E-state index contributed by atoms with van der Waals surface area (Å²) in [6.45, 7) is 4.63. The first kappa shape index (κ1) is 9.16. The van der Waals surface area contributed by atoms with Gasteiger partial charge in [0.1, 0.15) is 5.01 Å². The molecule has 1 aromatic heterocycles. The van der Waals surface area contributed by atoms with Gasteiger partial charge in [0.05, 0.1) is 12.3 Å². The topological polar surface area (TPSA) is 33.1 Å². The second-order valence-corrected chi connectivity index (χ2v) is 5.36. The SMILES string of the molecule is CC1(C)CCCc2nc(CO)sc21. The number of nitrogens with zero attached hydrogens (tertiary/aromatic N) is 1. The second-order valence-electron chi connectivity index (χ2n) is 4.28. The molecule has 13 heavy (non-hydrogen) atoms. The second kappa shape index (κ2) is 3.07. The molecule has 0 fully saturated rings. The van der Waals surface area contributed by atoms with E-state index in [2.05, 4.69) is 18.8 Å². The van der Waals surface area contributed by atoms with E-state index < -0.39 is 0 Å². The van der Waals surface area contributed by atoms with Crippen LogP contribution >= 0.6 is 11.3 Å². The number of aliphatic hydroxyl groups excluding tert-OH is 1. The number of hydrogen-bond acceptors (Lipinski definition) is 3. The van der Waals surface area contributed by atoms with E-state index in [0.717, 1.165) is 11.4 Å². The third-order valence-corrected chi connectivity index (χ3v) is 4.16. The fraction of sp³-hybridized carbons (Fsp3) is 0.700. The highest BCUT2D eigenvalue weighted by molar-refractivity contribution is 7.11. The molecule has 0 saturated carbocycles. The molecule has 0 amide bonds. The van der Waals surface area contributed by atoms with E-state index in [4.69, 9.17) is 5.11 Å². The Hall–Kier alpha value is -0.410. The Bertz CT molecular complexity index is 317. The number of hydrogen-bond donors (Lipinski definition) is 1. The lowest BCUT2D eigenvalue weighted by Crippen LogP contribution is -2.21. The largest absolute Gasteiger partial charge is 0.389 e. The highest BCUT2D eigenvalue weighted by atomic mass is 32.1. The number of rotatable bonds is 1. The molecule has 0 aliphatic heterocycles. The maximum atomic E-state index is 9.00. The molecule has 0 saturated heterocycles. The quantitative estimate of drug-likeness (QED) is 0.749. The lowest BCUT2D eigenvalue weighted by atomic mass is 9.80. The van der Waals surface area contributed by atoms with Crippen LogP contribution in [0.2, 0.25) is 0 Å². The lowest BCUT2D eigenvalue weighted by Gasteiger charge is -2.28. The summed E-state index contributed by atoms with van der Waals surface area (Å²) in [6.07, 6.45) is 3.57. The maximum Gasteiger partial charge on any atom is 0.119 e. The van der Waals surface area contributed by atoms with Crippen LogP contribution in [0.15, 0.2) is 0 Å². The van der Waals surface area contributed by atoms with Gasteiger partial charge in [-0.3, -0.25) is 0 Å². The Balaban J connectivity index is 2.44. The van der Waals surface area contributed by atoms with Crippen molar-refractivity contribution < 1.29 is 5.11 Å². The summed E-state index contributed by atoms with van der Waals surface area (Å²) in [5.74, 6) is 0. The van der Waals surface area contributed by atoms with E-state index in [1.165, 1.54) is 23.4 Å². The molecule has 1 aromatic rings. The van der Waals surface area contributed by atoms with E-state index in [1.54, 1.807) is 11.3 Å². The van der Waals surface area contributed by atoms with Gasteiger partial charge < -0.3 is 5.11 Å². The minimum atomic E-state index is 0.0910. The predicted octanol–water partition coefficient (Wildman–Crippen LogP) is 2.25. The van der Waals surface area contributed by atoms with E-state index in [-0.39, 0.29) is 12.0 Å². The molecule has 2 rings (SSSR count). The number of thiazole rings is 1. The van der Waals surface area contributed by atoms with Crippen LogP contribution in [0.25, 0.3) is 0 Å². The minimum absolute atomic E-state index is 0.0910. The summed E-state index contributed by atoms with van der Waals surface area (Å²) in [5.41, 5.74) is 1.50. The molecule has 0 bridgehead atoms. The molecule has 1 aliphatic rings. The molecule has 0 radical (unpaired) electrons. The van der Waals surface area contributed by atoms with Crippen molar-refractivity contribution in [2.24, 2.45) is 0 Å². The van der Waals surface area contributed by atoms with Gasteiger partial charge in [-0.25, -0.2) is 4.98 Å². The zero-order chi connectivity index (χ0) is 9.47. The maximum absolute atomic E-state index is 9.00. The van der Waals surface area contributed by atoms with E-state index >= 15 is 0 Å². The average Bonchev–Trinajstić information content (AvgIpc) is 2.48. The van der Waals surface area contributed by atoms with Gasteiger partial charge >= 0.3 is 0 Å². The summed E-state index contributed by atoms with van der Waals surface area (Å²) >= 11 is 1.68.